The molecule has 3 aromatic rings. The molecule has 2 heterocycles. The maximum Gasteiger partial charge on any atom is 0.153 e. The number of nitrogens with one attached hydrogen (secondary N) is 2. The Morgan fingerprint density at radius 3 is 2.67 bits per heavy atom. The summed E-state index contributed by atoms with van der Waals surface area (Å²) in [4.78, 5) is 2.46. The van der Waals surface area contributed by atoms with Crippen LogP contribution in [0.2, 0.25) is 5.02 Å². The summed E-state index contributed by atoms with van der Waals surface area (Å²) in [6, 6.07) is 16.2. The number of para-hydroxylation sites is 1. The highest BCUT2D eigenvalue weighted by molar-refractivity contribution is 6.30. The summed E-state index contributed by atoms with van der Waals surface area (Å²) in [5.41, 5.74) is 1.26. The van der Waals surface area contributed by atoms with Crippen molar-refractivity contribution in [3.8, 4) is 5.75 Å². The lowest BCUT2D eigenvalue weighted by atomic mass is 10.0. The number of benzene rings is 2. The Labute approximate surface area is 199 Å². The largest absolute Gasteiger partial charge is 0.490 e. The van der Waals surface area contributed by atoms with Crippen molar-refractivity contribution < 1.29 is 9.84 Å². The average molecular weight is 471 g/mol. The van der Waals surface area contributed by atoms with E-state index in [0.717, 1.165) is 48.8 Å². The summed E-state index contributed by atoms with van der Waals surface area (Å²) in [5.74, 6) is 1.39. The lowest BCUT2D eigenvalue weighted by molar-refractivity contribution is 0.00791. The molecule has 1 saturated heterocycles. The number of ether oxygens (including phenoxy) is 1. The zero-order valence-corrected chi connectivity index (χ0v) is 19.6. The lowest BCUT2D eigenvalue weighted by Crippen LogP contribution is -2.49. The van der Waals surface area contributed by atoms with E-state index in [0.29, 0.717) is 24.8 Å². The highest BCUT2D eigenvalue weighted by Gasteiger charge is 2.25. The number of hydrogen-bond donors (Lipinski definition) is 3. The number of aromatic amines is 1. The topological polar surface area (TPSA) is 99.2 Å². The zero-order valence-electron chi connectivity index (χ0n) is 18.9. The molecule has 0 amide bonds. The SMILES string of the molecule is CC(O)(CNC1CCN(Cc2ccc(Cl)cc2)CC1)COc1ccccc1Cc1nnn[nH]1. The molecular weight excluding hydrogens is 440 g/mol. The predicted octanol–water partition coefficient (Wildman–Crippen LogP) is 2.83. The molecule has 1 aliphatic heterocycles. The summed E-state index contributed by atoms with van der Waals surface area (Å²) in [6.45, 7) is 5.48. The number of hydrogen-bond acceptors (Lipinski definition) is 7. The smallest absolute Gasteiger partial charge is 0.153 e. The molecule has 0 spiro atoms. The van der Waals surface area contributed by atoms with E-state index in [9.17, 15) is 5.11 Å². The number of likely N-dealkylation sites (tertiary alicyclic amines) is 1. The summed E-state index contributed by atoms with van der Waals surface area (Å²) in [5, 5.41) is 29.1. The van der Waals surface area contributed by atoms with Gasteiger partial charge in [0.25, 0.3) is 0 Å². The first-order valence-electron chi connectivity index (χ1n) is 11.3. The van der Waals surface area contributed by atoms with Crippen LogP contribution in [0.3, 0.4) is 0 Å². The molecule has 33 heavy (non-hydrogen) atoms. The minimum atomic E-state index is -0.985. The summed E-state index contributed by atoms with van der Waals surface area (Å²) in [7, 11) is 0. The van der Waals surface area contributed by atoms with Gasteiger partial charge in [-0.3, -0.25) is 4.90 Å². The van der Waals surface area contributed by atoms with Crippen molar-refractivity contribution in [2.75, 3.05) is 26.2 Å². The second kappa shape index (κ2) is 11.1. The minimum absolute atomic E-state index is 0.196. The molecule has 1 aromatic heterocycles. The maximum atomic E-state index is 10.9. The van der Waals surface area contributed by atoms with Gasteiger partial charge < -0.3 is 15.2 Å². The van der Waals surface area contributed by atoms with E-state index in [1.54, 1.807) is 6.92 Å². The first kappa shape index (κ1) is 23.6. The van der Waals surface area contributed by atoms with Crippen LogP contribution in [0.4, 0.5) is 0 Å². The van der Waals surface area contributed by atoms with Crippen LogP contribution < -0.4 is 10.1 Å². The molecule has 8 nitrogen and oxygen atoms in total. The molecule has 176 valence electrons. The second-order valence-electron chi connectivity index (χ2n) is 8.98. The van der Waals surface area contributed by atoms with Crippen LogP contribution in [0.15, 0.2) is 48.5 Å². The van der Waals surface area contributed by atoms with E-state index >= 15 is 0 Å². The maximum absolute atomic E-state index is 10.9. The third-order valence-corrected chi connectivity index (χ3v) is 6.19. The van der Waals surface area contributed by atoms with Crippen LogP contribution in [-0.2, 0) is 13.0 Å². The van der Waals surface area contributed by atoms with E-state index in [2.05, 4.69) is 43.0 Å². The molecule has 1 unspecified atom stereocenters. The zero-order chi connectivity index (χ0) is 23.1. The van der Waals surface area contributed by atoms with Gasteiger partial charge in [-0.15, -0.1) is 5.10 Å². The Morgan fingerprint density at radius 2 is 1.94 bits per heavy atom. The Kier molecular flexibility index (Phi) is 7.93. The van der Waals surface area contributed by atoms with E-state index in [1.807, 2.05) is 36.4 Å². The molecule has 3 N–H and O–H groups in total. The van der Waals surface area contributed by atoms with Crippen molar-refractivity contribution in [1.29, 1.82) is 0 Å². The summed E-state index contributed by atoms with van der Waals surface area (Å²) < 4.78 is 5.99. The van der Waals surface area contributed by atoms with Gasteiger partial charge in [-0.25, -0.2) is 5.10 Å². The van der Waals surface area contributed by atoms with Gasteiger partial charge in [0.15, 0.2) is 5.82 Å². The number of H-pyrrole nitrogens is 1. The van der Waals surface area contributed by atoms with Crippen LogP contribution in [0.5, 0.6) is 5.75 Å². The standard InChI is InChI=1S/C24H31ClN6O2/c1-24(32,17-33-22-5-3-2-4-19(22)14-23-27-29-30-28-23)16-26-21-10-12-31(13-11-21)15-18-6-8-20(25)9-7-18/h2-9,21,26,32H,10-17H2,1H3,(H,27,28,29,30). The third kappa shape index (κ3) is 7.23. The molecular formula is C24H31ClN6O2. The quantitative estimate of drug-likeness (QED) is 0.419. The van der Waals surface area contributed by atoms with Gasteiger partial charge in [-0.1, -0.05) is 41.9 Å². The van der Waals surface area contributed by atoms with Crippen molar-refractivity contribution in [1.82, 2.24) is 30.8 Å². The molecule has 0 radical (unpaired) electrons. The molecule has 0 saturated carbocycles. The van der Waals surface area contributed by atoms with Gasteiger partial charge >= 0.3 is 0 Å². The van der Waals surface area contributed by atoms with Crippen LogP contribution in [0, 0.1) is 0 Å². The fraction of sp³-hybridized carbons (Fsp3) is 0.458. The molecule has 1 fully saturated rings. The second-order valence-corrected chi connectivity index (χ2v) is 9.41. The van der Waals surface area contributed by atoms with Crippen LogP contribution >= 0.6 is 11.6 Å². The van der Waals surface area contributed by atoms with Gasteiger partial charge in [0, 0.05) is 36.1 Å². The molecule has 2 aromatic carbocycles. The van der Waals surface area contributed by atoms with E-state index in [-0.39, 0.29) is 6.61 Å². The summed E-state index contributed by atoms with van der Waals surface area (Å²) in [6.07, 6.45) is 2.65. The van der Waals surface area contributed by atoms with Crippen molar-refractivity contribution in [2.24, 2.45) is 0 Å². The Morgan fingerprint density at radius 1 is 1.18 bits per heavy atom. The number of rotatable bonds is 10. The Bertz CT molecular complexity index is 988. The Balaban J connectivity index is 1.20. The number of piperidine rings is 1. The molecule has 9 heteroatoms. The van der Waals surface area contributed by atoms with Gasteiger partial charge in [0.1, 0.15) is 18.0 Å². The van der Waals surface area contributed by atoms with Gasteiger partial charge in [-0.2, -0.15) is 0 Å². The number of halogens is 1. The highest BCUT2D eigenvalue weighted by atomic mass is 35.5. The van der Waals surface area contributed by atoms with Crippen LogP contribution in [-0.4, -0.2) is 68.5 Å². The average Bonchev–Trinajstić information content (AvgIpc) is 3.33. The molecule has 0 aliphatic carbocycles. The van der Waals surface area contributed by atoms with Gasteiger partial charge in [0.05, 0.1) is 0 Å². The van der Waals surface area contributed by atoms with Crippen molar-refractivity contribution in [2.45, 2.75) is 44.4 Å². The van der Waals surface area contributed by atoms with E-state index in [1.165, 1.54) is 5.56 Å². The molecule has 1 atom stereocenters. The summed E-state index contributed by atoms with van der Waals surface area (Å²) >= 11 is 5.98. The minimum Gasteiger partial charge on any atom is -0.490 e. The highest BCUT2D eigenvalue weighted by Crippen LogP contribution is 2.22. The van der Waals surface area contributed by atoms with Crippen molar-refractivity contribution >= 4 is 11.6 Å². The van der Waals surface area contributed by atoms with Crippen molar-refractivity contribution in [3.05, 3.63) is 70.5 Å². The first-order chi connectivity index (χ1) is 16.0. The fourth-order valence-corrected chi connectivity index (χ4v) is 4.14. The number of nitrogens with zero attached hydrogens (tertiary/aromatic N) is 4. The van der Waals surface area contributed by atoms with Crippen LogP contribution in [0.25, 0.3) is 0 Å². The van der Waals surface area contributed by atoms with Crippen molar-refractivity contribution in [3.63, 3.8) is 0 Å². The first-order valence-corrected chi connectivity index (χ1v) is 11.7. The number of aliphatic hydroxyl groups is 1. The lowest BCUT2D eigenvalue weighted by Gasteiger charge is -2.34. The van der Waals surface area contributed by atoms with E-state index in [4.69, 9.17) is 16.3 Å². The third-order valence-electron chi connectivity index (χ3n) is 5.94. The normalized spacial score (nSPS) is 17.1. The predicted molar refractivity (Wildman–Crippen MR) is 127 cm³/mol. The number of tetrazole rings is 1. The molecule has 0 bridgehead atoms. The molecule has 4 rings (SSSR count). The fourth-order valence-electron chi connectivity index (χ4n) is 4.02. The van der Waals surface area contributed by atoms with Gasteiger partial charge in [-0.05, 0) is 67.0 Å². The Hall–Kier alpha value is -2.52. The number of aromatic nitrogens is 4. The van der Waals surface area contributed by atoms with E-state index < -0.39 is 5.60 Å². The monoisotopic (exact) mass is 470 g/mol. The van der Waals surface area contributed by atoms with Crippen LogP contribution in [0.1, 0.15) is 36.7 Å². The molecule has 1 aliphatic rings. The van der Waals surface area contributed by atoms with Gasteiger partial charge in [0.2, 0.25) is 0 Å².